The van der Waals surface area contributed by atoms with Gasteiger partial charge in [0, 0.05) is 6.61 Å². The van der Waals surface area contributed by atoms with Gasteiger partial charge in [0.05, 0.1) is 0 Å². The van der Waals surface area contributed by atoms with Gasteiger partial charge in [-0.25, -0.2) is 0 Å². The third kappa shape index (κ3) is 2.28. The molecule has 0 aromatic carbocycles. The van der Waals surface area contributed by atoms with E-state index in [4.69, 9.17) is 14.4 Å². The minimum Gasteiger partial charge on any atom is -0.385 e. The zero-order valence-corrected chi connectivity index (χ0v) is 7.15. The fraction of sp³-hybridized carbons (Fsp3) is 0.714. The second-order valence-corrected chi connectivity index (χ2v) is 2.36. The van der Waals surface area contributed by atoms with Gasteiger partial charge in [-0.15, -0.1) is 0 Å². The molecule has 0 aliphatic carbocycles. The Kier molecular flexibility index (Phi) is 3.19. The lowest BCUT2D eigenvalue weighted by Crippen LogP contribution is -1.95. The monoisotopic (exact) mass is 172 g/mol. The summed E-state index contributed by atoms with van der Waals surface area (Å²) in [5.74, 6) is 0.692. The van der Waals surface area contributed by atoms with Crippen LogP contribution in [0.1, 0.15) is 31.7 Å². The van der Waals surface area contributed by atoms with Crippen molar-refractivity contribution < 1.29 is 14.4 Å². The summed E-state index contributed by atoms with van der Waals surface area (Å²) < 4.78 is 9.82. The molecule has 0 amide bonds. The van der Waals surface area contributed by atoms with Gasteiger partial charge >= 0.3 is 0 Å². The van der Waals surface area contributed by atoms with Gasteiger partial charge in [0.15, 0.2) is 5.82 Å². The molecule has 0 bridgehead atoms. The molecule has 5 heteroatoms. The highest BCUT2D eigenvalue weighted by Crippen LogP contribution is 2.07. The van der Waals surface area contributed by atoms with Gasteiger partial charge in [-0.1, -0.05) is 5.16 Å². The topological polar surface area (TPSA) is 68.4 Å². The van der Waals surface area contributed by atoms with E-state index in [0.717, 1.165) is 0 Å². The number of hydrogen-bond acceptors (Lipinski definition) is 5. The molecule has 0 fully saturated rings. The molecule has 0 aliphatic rings. The number of aromatic nitrogens is 2. The Morgan fingerprint density at radius 1 is 1.67 bits per heavy atom. The molecule has 1 atom stereocenters. The lowest BCUT2D eigenvalue weighted by atomic mass is 10.4. The second kappa shape index (κ2) is 4.18. The van der Waals surface area contributed by atoms with Gasteiger partial charge in [0.1, 0.15) is 12.7 Å². The molecule has 1 heterocycles. The molecule has 1 unspecified atom stereocenters. The van der Waals surface area contributed by atoms with Crippen LogP contribution in [-0.2, 0) is 11.3 Å². The van der Waals surface area contributed by atoms with E-state index < -0.39 is 6.10 Å². The van der Waals surface area contributed by atoms with E-state index in [0.29, 0.717) is 24.9 Å². The first kappa shape index (κ1) is 9.15. The first-order valence-corrected chi connectivity index (χ1v) is 3.82. The first-order valence-electron chi connectivity index (χ1n) is 3.82. The maximum Gasteiger partial charge on any atom is 0.252 e. The van der Waals surface area contributed by atoms with E-state index >= 15 is 0 Å². The molecular weight excluding hydrogens is 160 g/mol. The molecule has 5 nitrogen and oxygen atoms in total. The molecule has 1 N–H and O–H groups in total. The molecular formula is C7H12N2O3. The second-order valence-electron chi connectivity index (χ2n) is 2.36. The maximum absolute atomic E-state index is 9.04. The van der Waals surface area contributed by atoms with Crippen molar-refractivity contribution in [2.75, 3.05) is 6.61 Å². The van der Waals surface area contributed by atoms with Gasteiger partial charge in [-0.2, -0.15) is 4.98 Å². The number of nitrogens with zero attached hydrogens (tertiary/aromatic N) is 2. The minimum absolute atomic E-state index is 0.296. The van der Waals surface area contributed by atoms with Crippen LogP contribution in [0, 0.1) is 0 Å². The highest BCUT2D eigenvalue weighted by Gasteiger charge is 2.09. The van der Waals surface area contributed by atoms with Gasteiger partial charge in [-0.05, 0) is 13.8 Å². The Labute approximate surface area is 70.3 Å². The summed E-state index contributed by atoms with van der Waals surface area (Å²) in [7, 11) is 0. The normalized spacial score (nSPS) is 13.2. The maximum atomic E-state index is 9.04. The largest absolute Gasteiger partial charge is 0.385 e. The summed E-state index contributed by atoms with van der Waals surface area (Å²) in [5.41, 5.74) is 0. The van der Waals surface area contributed by atoms with E-state index in [-0.39, 0.29) is 0 Å². The molecule has 0 saturated heterocycles. The van der Waals surface area contributed by atoms with E-state index in [1.54, 1.807) is 6.92 Å². The van der Waals surface area contributed by atoms with Crippen LogP contribution >= 0.6 is 0 Å². The van der Waals surface area contributed by atoms with Gasteiger partial charge in [-0.3, -0.25) is 0 Å². The molecule has 0 aliphatic heterocycles. The molecule has 0 radical (unpaired) electrons. The quantitative estimate of drug-likeness (QED) is 0.722. The third-order valence-electron chi connectivity index (χ3n) is 1.29. The summed E-state index contributed by atoms with van der Waals surface area (Å²) in [6, 6.07) is 0. The molecule has 1 rings (SSSR count). The average Bonchev–Trinajstić information content (AvgIpc) is 2.48. The van der Waals surface area contributed by atoms with Crippen LogP contribution in [0.2, 0.25) is 0 Å². The number of rotatable bonds is 4. The minimum atomic E-state index is -0.691. The fourth-order valence-electron chi connectivity index (χ4n) is 0.686. The Morgan fingerprint density at radius 3 is 2.92 bits per heavy atom. The van der Waals surface area contributed by atoms with Gasteiger partial charge in [0.2, 0.25) is 0 Å². The Balaban J connectivity index is 2.52. The summed E-state index contributed by atoms with van der Waals surface area (Å²) >= 11 is 0. The van der Waals surface area contributed by atoms with E-state index in [1.807, 2.05) is 6.92 Å². The summed E-state index contributed by atoms with van der Waals surface area (Å²) in [4.78, 5) is 3.89. The summed E-state index contributed by atoms with van der Waals surface area (Å²) in [6.07, 6.45) is -0.691. The van der Waals surface area contributed by atoms with Crippen molar-refractivity contribution in [3.05, 3.63) is 11.7 Å². The zero-order valence-electron chi connectivity index (χ0n) is 7.15. The van der Waals surface area contributed by atoms with Crippen molar-refractivity contribution >= 4 is 0 Å². The number of aliphatic hydroxyl groups is 1. The highest BCUT2D eigenvalue weighted by atomic mass is 16.5. The SMILES string of the molecule is CCOCc1nc(C(C)O)no1. The van der Waals surface area contributed by atoms with Crippen molar-refractivity contribution in [1.29, 1.82) is 0 Å². The van der Waals surface area contributed by atoms with Crippen LogP contribution in [0.5, 0.6) is 0 Å². The molecule has 1 aromatic rings. The van der Waals surface area contributed by atoms with Gasteiger partial charge < -0.3 is 14.4 Å². The van der Waals surface area contributed by atoms with Crippen LogP contribution in [0.3, 0.4) is 0 Å². The molecule has 68 valence electrons. The average molecular weight is 172 g/mol. The predicted octanol–water partition coefficient (Wildman–Crippen LogP) is 0.659. The lowest BCUT2D eigenvalue weighted by Gasteiger charge is -1.93. The fourth-order valence-corrected chi connectivity index (χ4v) is 0.686. The standard InChI is InChI=1S/C7H12N2O3/c1-3-11-4-6-8-7(5(2)10)9-12-6/h5,10H,3-4H2,1-2H3. The molecule has 0 spiro atoms. The van der Waals surface area contributed by atoms with E-state index in [2.05, 4.69) is 10.1 Å². The predicted molar refractivity (Wildman–Crippen MR) is 40.3 cm³/mol. The van der Waals surface area contributed by atoms with Crippen molar-refractivity contribution in [2.24, 2.45) is 0 Å². The van der Waals surface area contributed by atoms with Crippen LogP contribution in [0.15, 0.2) is 4.52 Å². The van der Waals surface area contributed by atoms with Crippen molar-refractivity contribution in [1.82, 2.24) is 10.1 Å². The Bertz CT molecular complexity index is 234. The number of aliphatic hydroxyl groups excluding tert-OH is 1. The number of hydrogen-bond donors (Lipinski definition) is 1. The molecule has 1 aromatic heterocycles. The van der Waals surface area contributed by atoms with Crippen LogP contribution in [0.4, 0.5) is 0 Å². The van der Waals surface area contributed by atoms with Crippen molar-refractivity contribution in [3.8, 4) is 0 Å². The van der Waals surface area contributed by atoms with Crippen LogP contribution < -0.4 is 0 Å². The third-order valence-corrected chi connectivity index (χ3v) is 1.29. The van der Waals surface area contributed by atoms with Crippen molar-refractivity contribution in [3.63, 3.8) is 0 Å². The number of ether oxygens (including phenoxy) is 1. The summed E-state index contributed by atoms with van der Waals surface area (Å²) in [5, 5.41) is 12.6. The zero-order chi connectivity index (χ0) is 8.97. The highest BCUT2D eigenvalue weighted by molar-refractivity contribution is 4.87. The summed E-state index contributed by atoms with van der Waals surface area (Å²) in [6.45, 7) is 4.36. The molecule has 0 saturated carbocycles. The van der Waals surface area contributed by atoms with E-state index in [9.17, 15) is 0 Å². The first-order chi connectivity index (χ1) is 5.74. The van der Waals surface area contributed by atoms with E-state index in [1.165, 1.54) is 0 Å². The van der Waals surface area contributed by atoms with Gasteiger partial charge in [0.25, 0.3) is 5.89 Å². The Morgan fingerprint density at radius 2 is 2.42 bits per heavy atom. The van der Waals surface area contributed by atoms with Crippen molar-refractivity contribution in [2.45, 2.75) is 26.6 Å². The Hall–Kier alpha value is -0.940. The smallest absolute Gasteiger partial charge is 0.252 e. The van der Waals surface area contributed by atoms with Crippen LogP contribution in [-0.4, -0.2) is 21.9 Å². The van der Waals surface area contributed by atoms with Crippen LogP contribution in [0.25, 0.3) is 0 Å². The molecule has 12 heavy (non-hydrogen) atoms. The lowest BCUT2D eigenvalue weighted by molar-refractivity contribution is 0.109.